The second-order valence-electron chi connectivity index (χ2n) is 7.85. The third-order valence-corrected chi connectivity index (χ3v) is 7.41. The van der Waals surface area contributed by atoms with E-state index in [0.717, 1.165) is 0 Å². The van der Waals surface area contributed by atoms with E-state index >= 15 is 0 Å². The Labute approximate surface area is 155 Å². The molecule has 0 aromatic heterocycles. The van der Waals surface area contributed by atoms with Crippen LogP contribution in [0.5, 0.6) is 0 Å². The first-order valence-corrected chi connectivity index (χ1v) is 9.94. The lowest BCUT2D eigenvalue weighted by Crippen LogP contribution is -2.74. The summed E-state index contributed by atoms with van der Waals surface area (Å²) in [5.74, 6) is 0. The highest BCUT2D eigenvalue weighted by Crippen LogP contribution is 2.34. The zero-order chi connectivity index (χ0) is 19.9. The highest BCUT2D eigenvalue weighted by atomic mass is 32.2. The summed E-state index contributed by atoms with van der Waals surface area (Å²) in [4.78, 5) is 12.2. The largest absolute Gasteiger partial charge is 0.514 e. The molecular weight excluding hydrogens is 354 g/mol. The predicted molar refractivity (Wildman–Crippen MR) is 97.0 cm³/mol. The van der Waals surface area contributed by atoms with Crippen LogP contribution in [-0.2, 0) is 10.0 Å². The van der Waals surface area contributed by atoms with E-state index in [9.17, 15) is 18.3 Å². The fraction of sp³-hybridized carbons (Fsp3) is 0.556. The van der Waals surface area contributed by atoms with Gasteiger partial charge in [-0.1, -0.05) is 0 Å². The number of hydrogen-bond acceptors (Lipinski definition) is 4. The summed E-state index contributed by atoms with van der Waals surface area (Å²) in [6.07, 6.45) is -0.934. The van der Waals surface area contributed by atoms with Gasteiger partial charge in [-0.25, -0.2) is 12.9 Å². The van der Waals surface area contributed by atoms with Crippen molar-refractivity contribution >= 4 is 16.1 Å². The van der Waals surface area contributed by atoms with Gasteiger partial charge in [0, 0.05) is 0 Å². The lowest BCUT2D eigenvalue weighted by molar-refractivity contribution is -0.928. The molecule has 0 aliphatic carbocycles. The quantitative estimate of drug-likeness (QED) is 0.795. The van der Waals surface area contributed by atoms with E-state index in [1.54, 1.807) is 19.9 Å². The highest BCUT2D eigenvalue weighted by Gasteiger charge is 2.55. The van der Waals surface area contributed by atoms with E-state index in [2.05, 4.69) is 0 Å². The summed E-state index contributed by atoms with van der Waals surface area (Å²) in [6, 6.07) is 6.09. The van der Waals surface area contributed by atoms with Gasteiger partial charge in [0.25, 0.3) is 0 Å². The molecule has 7 nitrogen and oxygen atoms in total. The molecule has 1 saturated heterocycles. The molecule has 1 aromatic rings. The van der Waals surface area contributed by atoms with Crippen LogP contribution in [0.4, 0.5) is 4.79 Å². The van der Waals surface area contributed by atoms with Crippen LogP contribution in [0.3, 0.4) is 0 Å². The van der Waals surface area contributed by atoms with Crippen LogP contribution >= 0.6 is 0 Å². The zero-order valence-electron chi connectivity index (χ0n) is 15.9. The van der Waals surface area contributed by atoms with Crippen molar-refractivity contribution in [2.45, 2.75) is 51.1 Å². The van der Waals surface area contributed by atoms with Crippen molar-refractivity contribution in [3.63, 3.8) is 0 Å². The average Bonchev–Trinajstić information content (AvgIpc) is 2.52. The van der Waals surface area contributed by atoms with E-state index in [-0.39, 0.29) is 29.0 Å². The second-order valence-corrected chi connectivity index (χ2v) is 9.76. The fourth-order valence-electron chi connectivity index (χ4n) is 3.95. The first-order chi connectivity index (χ1) is 11.9. The zero-order valence-corrected chi connectivity index (χ0v) is 16.7. The van der Waals surface area contributed by atoms with Gasteiger partial charge in [0.1, 0.15) is 18.1 Å². The van der Waals surface area contributed by atoms with Gasteiger partial charge in [0.15, 0.2) is 0 Å². The lowest BCUT2D eigenvalue weighted by atomic mass is 9.96. The number of amides is 1. The minimum absolute atomic E-state index is 0.130. The molecular formula is C18H26N3O4S+. The number of nitriles is 1. The number of benzene rings is 1. The van der Waals surface area contributed by atoms with Crippen molar-refractivity contribution in [3.05, 3.63) is 29.3 Å². The Morgan fingerprint density at radius 2 is 2.00 bits per heavy atom. The van der Waals surface area contributed by atoms with E-state index in [4.69, 9.17) is 5.26 Å². The molecule has 2 rings (SSSR count). The Bertz CT molecular complexity index is 867. The van der Waals surface area contributed by atoms with E-state index in [1.807, 2.05) is 26.8 Å². The third-order valence-electron chi connectivity index (χ3n) is 5.38. The van der Waals surface area contributed by atoms with Crippen LogP contribution in [0.2, 0.25) is 0 Å². The summed E-state index contributed by atoms with van der Waals surface area (Å²) in [5.41, 5.74) is 0.366. The Morgan fingerprint density at radius 1 is 1.38 bits per heavy atom. The molecule has 26 heavy (non-hydrogen) atoms. The van der Waals surface area contributed by atoms with Crippen molar-refractivity contribution in [2.24, 2.45) is 0 Å². The number of carbonyl (C=O) groups is 1. The number of quaternary nitrogens is 1. The molecule has 1 fully saturated rings. The Morgan fingerprint density at radius 3 is 2.42 bits per heavy atom. The number of nitrogens with zero attached hydrogens (tertiary/aromatic N) is 3. The van der Waals surface area contributed by atoms with Gasteiger partial charge in [0.05, 0.1) is 29.6 Å². The van der Waals surface area contributed by atoms with E-state index in [0.29, 0.717) is 11.1 Å². The minimum atomic E-state index is -3.75. The number of aryl methyl sites for hydroxylation is 1. The maximum absolute atomic E-state index is 13.1. The standard InChI is InChI=1S/C18H25N3O4S/c1-13-10-15(11-19)6-7-16(13)26(24,25)20-8-9-21(17(22)23,14(2)12-20)18(3,4)5/h6-7,10,14H,8-9,12H2,1-5H3/p+1/t14-,21?/m1/s1. The predicted octanol–water partition coefficient (Wildman–Crippen LogP) is 2.55. The van der Waals surface area contributed by atoms with Crippen molar-refractivity contribution in [3.8, 4) is 6.07 Å². The molecule has 0 spiro atoms. The highest BCUT2D eigenvalue weighted by molar-refractivity contribution is 7.89. The minimum Gasteiger partial charge on any atom is -0.435 e. The third kappa shape index (κ3) is 3.11. The van der Waals surface area contributed by atoms with Crippen LogP contribution in [0.25, 0.3) is 0 Å². The molecule has 2 atom stereocenters. The molecule has 0 bridgehead atoms. The van der Waals surface area contributed by atoms with E-state index in [1.165, 1.54) is 16.4 Å². The summed E-state index contributed by atoms with van der Waals surface area (Å²) < 4.78 is 27.3. The normalized spacial score (nSPS) is 24.8. The molecule has 1 aliphatic rings. The molecule has 1 amide bonds. The molecule has 0 saturated carbocycles. The maximum Gasteiger partial charge on any atom is 0.514 e. The Balaban J connectivity index is 2.39. The number of carboxylic acid groups (broad SMARTS) is 1. The maximum atomic E-state index is 13.1. The van der Waals surface area contributed by atoms with Gasteiger partial charge in [-0.2, -0.15) is 14.4 Å². The Hall–Kier alpha value is -1.95. The molecule has 8 heteroatoms. The van der Waals surface area contributed by atoms with Crippen LogP contribution in [0, 0.1) is 18.3 Å². The lowest BCUT2D eigenvalue weighted by Gasteiger charge is -2.51. The van der Waals surface area contributed by atoms with Crippen LogP contribution in [0.15, 0.2) is 23.1 Å². The van der Waals surface area contributed by atoms with Gasteiger partial charge in [-0.15, -0.1) is 0 Å². The molecule has 1 N–H and O–H groups in total. The fourth-order valence-corrected chi connectivity index (χ4v) is 5.67. The first kappa shape index (κ1) is 20.4. The van der Waals surface area contributed by atoms with Crippen molar-refractivity contribution < 1.29 is 22.8 Å². The van der Waals surface area contributed by atoms with Gasteiger partial charge in [-0.05, 0) is 58.4 Å². The molecule has 1 heterocycles. The summed E-state index contributed by atoms with van der Waals surface area (Å²) in [5, 5.41) is 18.8. The molecule has 1 aliphatic heterocycles. The Kier molecular flexibility index (Phi) is 5.21. The van der Waals surface area contributed by atoms with Crippen molar-refractivity contribution in [1.29, 1.82) is 5.26 Å². The molecule has 0 radical (unpaired) electrons. The number of hydrogen-bond donors (Lipinski definition) is 1. The van der Waals surface area contributed by atoms with E-state index < -0.39 is 27.7 Å². The van der Waals surface area contributed by atoms with Crippen LogP contribution in [0.1, 0.15) is 38.8 Å². The smallest absolute Gasteiger partial charge is 0.435 e. The summed E-state index contributed by atoms with van der Waals surface area (Å²) in [7, 11) is -3.75. The number of piperazine rings is 1. The van der Waals surface area contributed by atoms with Gasteiger partial charge in [0.2, 0.25) is 10.0 Å². The molecule has 1 aromatic carbocycles. The monoisotopic (exact) mass is 380 g/mol. The van der Waals surface area contributed by atoms with Crippen LogP contribution < -0.4 is 0 Å². The molecule has 1 unspecified atom stereocenters. The van der Waals surface area contributed by atoms with Gasteiger partial charge >= 0.3 is 6.09 Å². The SMILES string of the molecule is Cc1cc(C#N)ccc1S(=O)(=O)N1CC[N+](C(=O)O)(C(C)(C)C)[C@H](C)C1. The topological polar surface area (TPSA) is 98.5 Å². The summed E-state index contributed by atoms with van der Waals surface area (Å²) in [6.45, 7) is 9.52. The van der Waals surface area contributed by atoms with Gasteiger partial charge < -0.3 is 5.11 Å². The number of sulfonamides is 1. The molecule has 142 valence electrons. The van der Waals surface area contributed by atoms with Crippen LogP contribution in [-0.4, -0.2) is 59.6 Å². The summed E-state index contributed by atoms with van der Waals surface area (Å²) >= 11 is 0. The average molecular weight is 380 g/mol. The first-order valence-electron chi connectivity index (χ1n) is 8.50. The van der Waals surface area contributed by atoms with Gasteiger partial charge in [-0.3, -0.25) is 0 Å². The van der Waals surface area contributed by atoms with Crippen molar-refractivity contribution in [1.82, 2.24) is 4.31 Å². The van der Waals surface area contributed by atoms with Crippen molar-refractivity contribution in [2.75, 3.05) is 19.6 Å². The second kappa shape index (κ2) is 6.65. The number of rotatable bonds is 2.